The molecule has 1 fully saturated rings. The molecule has 6 nitrogen and oxygen atoms in total. The van der Waals surface area contributed by atoms with Crippen molar-refractivity contribution < 1.29 is 10.2 Å². The monoisotopic (exact) mass is 294 g/mol. The Morgan fingerprint density at radius 3 is 2.70 bits per heavy atom. The Morgan fingerprint density at radius 2 is 1.95 bits per heavy atom. The lowest BCUT2D eigenvalue weighted by Gasteiger charge is -2.29. The van der Waals surface area contributed by atoms with Gasteiger partial charge < -0.3 is 20.4 Å². The Kier molecular flexibility index (Phi) is 3.42. The van der Waals surface area contributed by atoms with E-state index in [2.05, 4.69) is 20.4 Å². The summed E-state index contributed by atoms with van der Waals surface area (Å²) >= 11 is 5.95. The van der Waals surface area contributed by atoms with Crippen molar-refractivity contribution in [3.63, 3.8) is 0 Å². The van der Waals surface area contributed by atoms with Crippen molar-refractivity contribution in [2.45, 2.75) is 0 Å². The molecule has 1 aliphatic heterocycles. The van der Waals surface area contributed by atoms with Crippen molar-refractivity contribution in [1.29, 1.82) is 0 Å². The minimum Gasteiger partial charge on any atom is -0.504 e. The number of nitrogens with zero attached hydrogens (tertiary/aromatic N) is 2. The van der Waals surface area contributed by atoms with E-state index in [0.29, 0.717) is 16.3 Å². The number of benzene rings is 1. The molecular formula is C13H15ClN4O2. The Bertz CT molecular complexity index is 623. The molecule has 0 unspecified atom stereocenters. The number of anilines is 1. The molecular weight excluding hydrogens is 280 g/mol. The molecule has 106 valence electrons. The highest BCUT2D eigenvalue weighted by Gasteiger charge is 2.20. The van der Waals surface area contributed by atoms with Crippen LogP contribution >= 0.6 is 11.6 Å². The van der Waals surface area contributed by atoms with Gasteiger partial charge in [-0.1, -0.05) is 11.6 Å². The molecule has 0 saturated carbocycles. The number of rotatable bonds is 2. The van der Waals surface area contributed by atoms with Gasteiger partial charge in [-0.05, 0) is 6.07 Å². The Hall–Kier alpha value is -1.92. The van der Waals surface area contributed by atoms with Crippen LogP contribution in [0.15, 0.2) is 18.3 Å². The summed E-state index contributed by atoms with van der Waals surface area (Å²) in [5, 5.41) is 30.3. The second-order valence-corrected chi connectivity index (χ2v) is 5.12. The number of hydrogen-bond donors (Lipinski definition) is 4. The van der Waals surface area contributed by atoms with E-state index in [1.807, 2.05) is 0 Å². The van der Waals surface area contributed by atoms with Crippen molar-refractivity contribution in [3.05, 3.63) is 23.4 Å². The summed E-state index contributed by atoms with van der Waals surface area (Å²) in [4.78, 5) is 2.17. The quantitative estimate of drug-likeness (QED) is 0.632. The molecule has 0 spiro atoms. The molecule has 0 bridgehead atoms. The zero-order valence-corrected chi connectivity index (χ0v) is 11.5. The van der Waals surface area contributed by atoms with Gasteiger partial charge in [0.15, 0.2) is 11.5 Å². The summed E-state index contributed by atoms with van der Waals surface area (Å²) in [7, 11) is 0. The van der Waals surface area contributed by atoms with E-state index >= 15 is 0 Å². The molecule has 0 atom stereocenters. The summed E-state index contributed by atoms with van der Waals surface area (Å²) in [6, 6.07) is 2.91. The molecule has 0 radical (unpaired) electrons. The molecule has 1 aromatic carbocycles. The van der Waals surface area contributed by atoms with Gasteiger partial charge >= 0.3 is 0 Å². The van der Waals surface area contributed by atoms with Gasteiger partial charge in [-0.2, -0.15) is 5.10 Å². The first-order valence-electron chi connectivity index (χ1n) is 6.37. The molecule has 2 heterocycles. The van der Waals surface area contributed by atoms with Crippen molar-refractivity contribution in [2.75, 3.05) is 31.1 Å². The molecule has 0 aliphatic carbocycles. The average molecular weight is 295 g/mol. The van der Waals surface area contributed by atoms with Crippen LogP contribution in [0.5, 0.6) is 11.5 Å². The highest BCUT2D eigenvalue weighted by Crippen LogP contribution is 2.41. The lowest BCUT2D eigenvalue weighted by Crippen LogP contribution is -2.43. The first-order chi connectivity index (χ1) is 9.66. The SMILES string of the molecule is Oc1cc(Cl)cc(-c2[nH]ncc2N2CCNCC2)c1O. The van der Waals surface area contributed by atoms with Gasteiger partial charge in [-0.15, -0.1) is 0 Å². The van der Waals surface area contributed by atoms with Crippen LogP contribution in [0.2, 0.25) is 5.02 Å². The zero-order chi connectivity index (χ0) is 14.1. The Morgan fingerprint density at radius 1 is 1.20 bits per heavy atom. The Balaban J connectivity index is 2.05. The van der Waals surface area contributed by atoms with E-state index in [9.17, 15) is 10.2 Å². The van der Waals surface area contributed by atoms with Crippen molar-refractivity contribution >= 4 is 17.3 Å². The maximum atomic E-state index is 10.0. The van der Waals surface area contributed by atoms with Crippen LogP contribution in [0.1, 0.15) is 0 Å². The van der Waals surface area contributed by atoms with Crippen LogP contribution in [-0.2, 0) is 0 Å². The summed E-state index contributed by atoms with van der Waals surface area (Å²) in [6.45, 7) is 3.52. The third-order valence-electron chi connectivity index (χ3n) is 3.40. The molecule has 2 aromatic rings. The third kappa shape index (κ3) is 2.28. The van der Waals surface area contributed by atoms with Crippen LogP contribution in [-0.4, -0.2) is 46.6 Å². The fourth-order valence-electron chi connectivity index (χ4n) is 2.40. The number of halogens is 1. The Labute approximate surface area is 121 Å². The van der Waals surface area contributed by atoms with Gasteiger partial charge in [0.2, 0.25) is 0 Å². The highest BCUT2D eigenvalue weighted by atomic mass is 35.5. The number of piperazine rings is 1. The number of H-pyrrole nitrogens is 1. The highest BCUT2D eigenvalue weighted by molar-refractivity contribution is 6.31. The molecule has 1 saturated heterocycles. The molecule has 1 aliphatic rings. The first kappa shape index (κ1) is 13.1. The number of phenolic OH excluding ortho intramolecular Hbond substituents is 2. The van der Waals surface area contributed by atoms with E-state index in [1.165, 1.54) is 6.07 Å². The van der Waals surface area contributed by atoms with Gasteiger partial charge in [0, 0.05) is 42.8 Å². The number of aromatic nitrogens is 2. The predicted molar refractivity (Wildman–Crippen MR) is 77.4 cm³/mol. The predicted octanol–water partition coefficient (Wildman–Crippen LogP) is 1.55. The molecule has 1 aromatic heterocycles. The standard InChI is InChI=1S/C13H15ClN4O2/c14-8-5-9(13(20)11(19)6-8)12-10(7-16-17-12)18-3-1-15-2-4-18/h5-7,15,19-20H,1-4H2,(H,16,17). The van der Waals surface area contributed by atoms with Crippen LogP contribution in [0.4, 0.5) is 5.69 Å². The van der Waals surface area contributed by atoms with E-state index in [1.54, 1.807) is 12.3 Å². The van der Waals surface area contributed by atoms with Crippen LogP contribution < -0.4 is 10.2 Å². The summed E-state index contributed by atoms with van der Waals surface area (Å²) in [6.07, 6.45) is 1.72. The largest absolute Gasteiger partial charge is 0.504 e. The van der Waals surface area contributed by atoms with Gasteiger partial charge in [-0.3, -0.25) is 5.10 Å². The van der Waals surface area contributed by atoms with Crippen molar-refractivity contribution in [2.24, 2.45) is 0 Å². The molecule has 0 amide bonds. The number of aromatic amines is 1. The topological polar surface area (TPSA) is 84.4 Å². The normalized spacial score (nSPS) is 15.6. The lowest BCUT2D eigenvalue weighted by molar-refractivity contribution is 0.405. The fourth-order valence-corrected chi connectivity index (χ4v) is 2.61. The fraction of sp³-hybridized carbons (Fsp3) is 0.308. The van der Waals surface area contributed by atoms with Crippen LogP contribution in [0, 0.1) is 0 Å². The maximum absolute atomic E-state index is 10.0. The number of hydrogen-bond acceptors (Lipinski definition) is 5. The number of phenols is 2. The van der Waals surface area contributed by atoms with Gasteiger partial charge in [0.05, 0.1) is 17.6 Å². The lowest BCUT2D eigenvalue weighted by atomic mass is 10.1. The maximum Gasteiger partial charge on any atom is 0.167 e. The van der Waals surface area contributed by atoms with Gasteiger partial charge in [0.25, 0.3) is 0 Å². The summed E-state index contributed by atoms with van der Waals surface area (Å²) in [5.74, 6) is -0.441. The number of nitrogens with one attached hydrogen (secondary N) is 2. The molecule has 20 heavy (non-hydrogen) atoms. The van der Waals surface area contributed by atoms with Gasteiger partial charge in [0.1, 0.15) is 0 Å². The smallest absolute Gasteiger partial charge is 0.167 e. The second-order valence-electron chi connectivity index (χ2n) is 4.69. The van der Waals surface area contributed by atoms with E-state index in [4.69, 9.17) is 11.6 Å². The summed E-state index contributed by atoms with van der Waals surface area (Å²) < 4.78 is 0. The van der Waals surface area contributed by atoms with Gasteiger partial charge in [-0.25, -0.2) is 0 Å². The zero-order valence-electron chi connectivity index (χ0n) is 10.7. The van der Waals surface area contributed by atoms with Crippen molar-refractivity contribution in [3.8, 4) is 22.8 Å². The summed E-state index contributed by atoms with van der Waals surface area (Å²) in [5.41, 5.74) is 1.99. The van der Waals surface area contributed by atoms with Crippen LogP contribution in [0.3, 0.4) is 0 Å². The van der Waals surface area contributed by atoms with E-state index < -0.39 is 0 Å². The van der Waals surface area contributed by atoms with Crippen LogP contribution in [0.25, 0.3) is 11.3 Å². The minimum atomic E-state index is -0.242. The third-order valence-corrected chi connectivity index (χ3v) is 3.62. The van der Waals surface area contributed by atoms with E-state index in [-0.39, 0.29) is 11.5 Å². The van der Waals surface area contributed by atoms with E-state index in [0.717, 1.165) is 31.9 Å². The molecule has 3 rings (SSSR count). The first-order valence-corrected chi connectivity index (χ1v) is 6.75. The number of aromatic hydroxyl groups is 2. The molecule has 7 heteroatoms. The average Bonchev–Trinajstić information content (AvgIpc) is 2.93. The van der Waals surface area contributed by atoms with Crippen molar-refractivity contribution in [1.82, 2.24) is 15.5 Å². The second kappa shape index (κ2) is 5.22. The minimum absolute atomic E-state index is 0.199. The molecule has 4 N–H and O–H groups in total.